The Kier molecular flexibility index (Phi) is 1.77. The SMILES string of the molecule is CN1C(=O)Cc2ccc(C(N)=O)cc21. The van der Waals surface area contributed by atoms with E-state index in [0.717, 1.165) is 11.3 Å². The van der Waals surface area contributed by atoms with Gasteiger partial charge in [0.2, 0.25) is 11.8 Å². The maximum atomic E-state index is 11.3. The second-order valence-corrected chi connectivity index (χ2v) is 3.34. The molecular formula is C10H10N2O2. The zero-order chi connectivity index (χ0) is 10.3. The number of hydrogen-bond acceptors (Lipinski definition) is 2. The van der Waals surface area contributed by atoms with Gasteiger partial charge in [0.15, 0.2) is 0 Å². The Labute approximate surface area is 81.3 Å². The molecule has 4 heteroatoms. The van der Waals surface area contributed by atoms with Crippen molar-refractivity contribution in [3.8, 4) is 0 Å². The molecule has 2 rings (SSSR count). The van der Waals surface area contributed by atoms with E-state index < -0.39 is 5.91 Å². The first-order valence-corrected chi connectivity index (χ1v) is 4.29. The van der Waals surface area contributed by atoms with Crippen molar-refractivity contribution in [1.29, 1.82) is 0 Å². The maximum Gasteiger partial charge on any atom is 0.248 e. The van der Waals surface area contributed by atoms with Crippen molar-refractivity contribution in [2.75, 3.05) is 11.9 Å². The molecule has 0 unspecified atom stereocenters. The number of fused-ring (bicyclic) bond motifs is 1. The number of anilines is 1. The fourth-order valence-corrected chi connectivity index (χ4v) is 1.59. The number of carbonyl (C=O) groups is 2. The molecule has 0 saturated carbocycles. The van der Waals surface area contributed by atoms with Crippen LogP contribution in [0.15, 0.2) is 18.2 Å². The van der Waals surface area contributed by atoms with Crippen molar-refractivity contribution in [2.45, 2.75) is 6.42 Å². The summed E-state index contributed by atoms with van der Waals surface area (Å²) in [5.74, 6) is -0.429. The van der Waals surface area contributed by atoms with E-state index in [9.17, 15) is 9.59 Å². The van der Waals surface area contributed by atoms with Crippen LogP contribution < -0.4 is 10.6 Å². The lowest BCUT2D eigenvalue weighted by molar-refractivity contribution is -0.117. The molecule has 1 aromatic rings. The van der Waals surface area contributed by atoms with Crippen LogP contribution in [-0.2, 0) is 11.2 Å². The van der Waals surface area contributed by atoms with Crippen molar-refractivity contribution < 1.29 is 9.59 Å². The van der Waals surface area contributed by atoms with E-state index >= 15 is 0 Å². The Balaban J connectivity index is 2.51. The molecule has 0 aliphatic carbocycles. The molecule has 0 fully saturated rings. The first-order valence-electron chi connectivity index (χ1n) is 4.29. The molecule has 2 amide bonds. The molecule has 4 nitrogen and oxygen atoms in total. The summed E-state index contributed by atoms with van der Waals surface area (Å²) in [6.07, 6.45) is 0.408. The molecule has 2 N–H and O–H groups in total. The summed E-state index contributed by atoms with van der Waals surface area (Å²) in [4.78, 5) is 23.8. The molecule has 1 aliphatic heterocycles. The summed E-state index contributed by atoms with van der Waals surface area (Å²) in [7, 11) is 1.69. The molecule has 0 saturated heterocycles. The number of hydrogen-bond donors (Lipinski definition) is 1. The van der Waals surface area contributed by atoms with Crippen LogP contribution in [0.4, 0.5) is 5.69 Å². The van der Waals surface area contributed by atoms with Crippen molar-refractivity contribution in [2.24, 2.45) is 5.73 Å². The van der Waals surface area contributed by atoms with E-state index in [1.54, 1.807) is 30.1 Å². The van der Waals surface area contributed by atoms with Gasteiger partial charge in [-0.15, -0.1) is 0 Å². The number of nitrogens with two attached hydrogens (primary N) is 1. The summed E-state index contributed by atoms with van der Waals surface area (Å²) >= 11 is 0. The van der Waals surface area contributed by atoms with Crippen LogP contribution in [-0.4, -0.2) is 18.9 Å². The number of likely N-dealkylation sites (N-methyl/N-ethyl adjacent to an activating group) is 1. The van der Waals surface area contributed by atoms with Crippen molar-refractivity contribution in [3.05, 3.63) is 29.3 Å². The molecule has 0 radical (unpaired) electrons. The van der Waals surface area contributed by atoms with Gasteiger partial charge >= 0.3 is 0 Å². The highest BCUT2D eigenvalue weighted by Crippen LogP contribution is 2.28. The number of carbonyl (C=O) groups excluding carboxylic acids is 2. The monoisotopic (exact) mass is 190 g/mol. The average molecular weight is 190 g/mol. The largest absolute Gasteiger partial charge is 0.366 e. The van der Waals surface area contributed by atoms with Crippen LogP contribution in [0.25, 0.3) is 0 Å². The summed E-state index contributed by atoms with van der Waals surface area (Å²) in [6, 6.07) is 5.08. The van der Waals surface area contributed by atoms with Crippen molar-refractivity contribution in [1.82, 2.24) is 0 Å². The average Bonchev–Trinajstić information content (AvgIpc) is 2.43. The topological polar surface area (TPSA) is 63.4 Å². The lowest BCUT2D eigenvalue weighted by atomic mass is 10.1. The molecule has 0 atom stereocenters. The molecule has 1 aromatic carbocycles. The predicted molar refractivity (Wildman–Crippen MR) is 52.1 cm³/mol. The molecule has 14 heavy (non-hydrogen) atoms. The zero-order valence-corrected chi connectivity index (χ0v) is 7.78. The van der Waals surface area contributed by atoms with Crippen LogP contribution in [0, 0.1) is 0 Å². The first-order chi connectivity index (χ1) is 6.59. The van der Waals surface area contributed by atoms with Gasteiger partial charge < -0.3 is 10.6 Å². The number of amides is 2. The number of rotatable bonds is 1. The molecular weight excluding hydrogens is 180 g/mol. The fourth-order valence-electron chi connectivity index (χ4n) is 1.59. The van der Waals surface area contributed by atoms with Gasteiger partial charge in [-0.25, -0.2) is 0 Å². The highest BCUT2D eigenvalue weighted by Gasteiger charge is 2.24. The minimum absolute atomic E-state index is 0.0432. The van der Waals surface area contributed by atoms with Crippen LogP contribution in [0.1, 0.15) is 15.9 Å². The second kappa shape index (κ2) is 2.83. The lowest BCUT2D eigenvalue weighted by Gasteiger charge is -2.10. The van der Waals surface area contributed by atoms with E-state index in [2.05, 4.69) is 0 Å². The van der Waals surface area contributed by atoms with Crippen LogP contribution in [0.5, 0.6) is 0 Å². The fraction of sp³-hybridized carbons (Fsp3) is 0.200. The molecule has 1 aliphatic rings. The van der Waals surface area contributed by atoms with E-state index in [4.69, 9.17) is 5.73 Å². The number of benzene rings is 1. The predicted octanol–water partition coefficient (Wildman–Crippen LogP) is 0.304. The first kappa shape index (κ1) is 8.74. The van der Waals surface area contributed by atoms with Gasteiger partial charge in [0, 0.05) is 18.3 Å². The van der Waals surface area contributed by atoms with E-state index in [-0.39, 0.29) is 5.91 Å². The van der Waals surface area contributed by atoms with Crippen molar-refractivity contribution in [3.63, 3.8) is 0 Å². The smallest absolute Gasteiger partial charge is 0.248 e. The molecule has 0 aromatic heterocycles. The van der Waals surface area contributed by atoms with Crippen LogP contribution in [0.3, 0.4) is 0 Å². The zero-order valence-electron chi connectivity index (χ0n) is 7.78. The van der Waals surface area contributed by atoms with Gasteiger partial charge in [-0.1, -0.05) is 6.07 Å². The number of nitrogens with zero attached hydrogens (tertiary/aromatic N) is 1. The summed E-state index contributed by atoms with van der Waals surface area (Å²) in [5, 5.41) is 0. The van der Waals surface area contributed by atoms with Crippen LogP contribution in [0.2, 0.25) is 0 Å². The van der Waals surface area contributed by atoms with Crippen molar-refractivity contribution >= 4 is 17.5 Å². The van der Waals surface area contributed by atoms with E-state index in [1.807, 2.05) is 0 Å². The summed E-state index contributed by atoms with van der Waals surface area (Å²) in [5.41, 5.74) is 7.31. The van der Waals surface area contributed by atoms with Gasteiger partial charge in [-0.05, 0) is 17.7 Å². The minimum Gasteiger partial charge on any atom is -0.366 e. The number of primary amides is 1. The quantitative estimate of drug-likeness (QED) is 0.692. The maximum absolute atomic E-state index is 11.3. The Morgan fingerprint density at radius 3 is 2.86 bits per heavy atom. The normalized spacial score (nSPS) is 14.4. The third kappa shape index (κ3) is 1.16. The van der Waals surface area contributed by atoms with Gasteiger partial charge in [0.25, 0.3) is 0 Å². The van der Waals surface area contributed by atoms with Gasteiger partial charge in [0.05, 0.1) is 6.42 Å². The Morgan fingerprint density at radius 2 is 2.21 bits per heavy atom. The minimum atomic E-state index is -0.472. The van der Waals surface area contributed by atoms with Gasteiger partial charge in [-0.3, -0.25) is 9.59 Å². The molecule has 0 bridgehead atoms. The third-order valence-electron chi connectivity index (χ3n) is 2.45. The Morgan fingerprint density at radius 1 is 1.50 bits per heavy atom. The second-order valence-electron chi connectivity index (χ2n) is 3.34. The highest BCUT2D eigenvalue weighted by molar-refractivity contribution is 6.03. The molecule has 72 valence electrons. The Bertz CT molecular complexity index is 426. The van der Waals surface area contributed by atoms with Gasteiger partial charge in [0.1, 0.15) is 0 Å². The Hall–Kier alpha value is -1.84. The van der Waals surface area contributed by atoms with Gasteiger partial charge in [-0.2, -0.15) is 0 Å². The molecule has 0 spiro atoms. The van der Waals surface area contributed by atoms with E-state index in [0.29, 0.717) is 12.0 Å². The third-order valence-corrected chi connectivity index (χ3v) is 2.45. The lowest BCUT2D eigenvalue weighted by Crippen LogP contribution is -2.21. The van der Waals surface area contributed by atoms with E-state index in [1.165, 1.54) is 0 Å². The summed E-state index contributed by atoms with van der Waals surface area (Å²) in [6.45, 7) is 0. The summed E-state index contributed by atoms with van der Waals surface area (Å²) < 4.78 is 0. The highest BCUT2D eigenvalue weighted by atomic mass is 16.2. The standard InChI is InChI=1S/C10H10N2O2/c1-12-8-4-7(10(11)14)3-2-6(8)5-9(12)13/h2-4H,5H2,1H3,(H2,11,14). The molecule has 1 heterocycles. The van der Waals surface area contributed by atoms with Crippen LogP contribution >= 0.6 is 0 Å².